The number of para-hydroxylation sites is 2. The van der Waals surface area contributed by atoms with Gasteiger partial charge >= 0.3 is 0 Å². The van der Waals surface area contributed by atoms with Crippen molar-refractivity contribution in [3.63, 3.8) is 0 Å². The molecule has 0 aliphatic heterocycles. The van der Waals surface area contributed by atoms with E-state index in [1.165, 1.54) is 77.1 Å². The van der Waals surface area contributed by atoms with Crippen molar-refractivity contribution in [3.05, 3.63) is 243 Å². The van der Waals surface area contributed by atoms with Gasteiger partial charge in [-0.25, -0.2) is 0 Å². The molecule has 11 rings (SSSR count). The van der Waals surface area contributed by atoms with Gasteiger partial charge in [0.05, 0.1) is 16.7 Å². The van der Waals surface area contributed by atoms with E-state index in [1.807, 2.05) is 0 Å². The maximum absolute atomic E-state index is 2.46. The summed E-state index contributed by atoms with van der Waals surface area (Å²) in [5, 5.41) is 4.91. The SMILES string of the molecule is c1ccc(-c2ccccc2-c2c(-c3ccccc3)cccc2N(c2ccc(-c3ccc4ccccc4c3)cc2)c2ccc3c(c2)c2ccccc2n3-c2ccccc2)cc1. The van der Waals surface area contributed by atoms with E-state index in [0.29, 0.717) is 0 Å². The van der Waals surface area contributed by atoms with Crippen molar-refractivity contribution in [2.45, 2.75) is 0 Å². The zero-order valence-electron chi connectivity index (χ0n) is 33.0. The summed E-state index contributed by atoms with van der Waals surface area (Å²) in [6.07, 6.45) is 0. The van der Waals surface area contributed by atoms with Crippen LogP contribution in [0.5, 0.6) is 0 Å². The first kappa shape index (κ1) is 35.2. The van der Waals surface area contributed by atoms with Gasteiger partial charge in [-0.1, -0.05) is 182 Å². The minimum atomic E-state index is 1.08. The molecule has 282 valence electrons. The van der Waals surface area contributed by atoms with E-state index in [0.717, 1.165) is 22.7 Å². The summed E-state index contributed by atoms with van der Waals surface area (Å²) in [4.78, 5) is 2.46. The van der Waals surface area contributed by atoms with Crippen LogP contribution in [0.15, 0.2) is 243 Å². The molecular weight excluding hydrogens is 725 g/mol. The smallest absolute Gasteiger partial charge is 0.0546 e. The summed E-state index contributed by atoms with van der Waals surface area (Å²) in [7, 11) is 0. The van der Waals surface area contributed by atoms with Crippen molar-refractivity contribution in [3.8, 4) is 50.2 Å². The molecule has 0 aliphatic carbocycles. The molecule has 0 atom stereocenters. The fraction of sp³-hybridized carbons (Fsp3) is 0. The molecule has 0 amide bonds. The Morgan fingerprint density at radius 1 is 0.300 bits per heavy atom. The summed E-state index contributed by atoms with van der Waals surface area (Å²) < 4.78 is 2.38. The van der Waals surface area contributed by atoms with E-state index in [-0.39, 0.29) is 0 Å². The van der Waals surface area contributed by atoms with Crippen LogP contribution in [0.4, 0.5) is 17.1 Å². The van der Waals surface area contributed by atoms with Crippen LogP contribution >= 0.6 is 0 Å². The van der Waals surface area contributed by atoms with E-state index in [9.17, 15) is 0 Å². The third kappa shape index (κ3) is 6.23. The topological polar surface area (TPSA) is 8.17 Å². The van der Waals surface area contributed by atoms with Gasteiger partial charge in [0.15, 0.2) is 0 Å². The number of hydrogen-bond acceptors (Lipinski definition) is 1. The summed E-state index contributed by atoms with van der Waals surface area (Å²) in [5.74, 6) is 0. The first-order valence-electron chi connectivity index (χ1n) is 20.6. The number of aromatic nitrogens is 1. The van der Waals surface area contributed by atoms with Crippen molar-refractivity contribution in [1.29, 1.82) is 0 Å². The lowest BCUT2D eigenvalue weighted by Crippen LogP contribution is -2.12. The fourth-order valence-electron chi connectivity index (χ4n) is 8.99. The largest absolute Gasteiger partial charge is 0.310 e. The maximum Gasteiger partial charge on any atom is 0.0546 e. The lowest BCUT2D eigenvalue weighted by atomic mass is 9.87. The van der Waals surface area contributed by atoms with E-state index >= 15 is 0 Å². The van der Waals surface area contributed by atoms with Gasteiger partial charge in [0.2, 0.25) is 0 Å². The van der Waals surface area contributed by atoms with Crippen LogP contribution in [0.25, 0.3) is 82.8 Å². The van der Waals surface area contributed by atoms with Crippen LogP contribution in [-0.4, -0.2) is 4.57 Å². The number of nitrogens with zero attached hydrogens (tertiary/aromatic N) is 2. The zero-order valence-corrected chi connectivity index (χ0v) is 33.0. The molecule has 60 heavy (non-hydrogen) atoms. The van der Waals surface area contributed by atoms with Gasteiger partial charge < -0.3 is 9.47 Å². The zero-order chi connectivity index (χ0) is 39.8. The molecule has 2 nitrogen and oxygen atoms in total. The van der Waals surface area contributed by atoms with Crippen molar-refractivity contribution < 1.29 is 0 Å². The van der Waals surface area contributed by atoms with Crippen molar-refractivity contribution in [1.82, 2.24) is 4.57 Å². The van der Waals surface area contributed by atoms with Crippen LogP contribution in [0, 0.1) is 0 Å². The minimum Gasteiger partial charge on any atom is -0.310 e. The lowest BCUT2D eigenvalue weighted by molar-refractivity contribution is 1.18. The molecule has 1 aromatic heterocycles. The number of fused-ring (bicyclic) bond motifs is 4. The highest BCUT2D eigenvalue weighted by atomic mass is 15.1. The molecule has 0 aliphatic rings. The second kappa shape index (κ2) is 15.1. The number of hydrogen-bond donors (Lipinski definition) is 0. The molecular formula is C58H40N2. The normalized spacial score (nSPS) is 11.3. The predicted octanol–water partition coefficient (Wildman–Crippen LogP) is 16.1. The average molecular weight is 765 g/mol. The van der Waals surface area contributed by atoms with Crippen LogP contribution < -0.4 is 4.90 Å². The number of anilines is 3. The lowest BCUT2D eigenvalue weighted by Gasteiger charge is -2.30. The molecule has 0 unspecified atom stereocenters. The second-order valence-electron chi connectivity index (χ2n) is 15.3. The molecule has 10 aromatic carbocycles. The molecule has 0 spiro atoms. The van der Waals surface area contributed by atoms with Gasteiger partial charge in [-0.3, -0.25) is 0 Å². The van der Waals surface area contributed by atoms with Crippen molar-refractivity contribution in [2.24, 2.45) is 0 Å². The summed E-state index contributed by atoms with van der Waals surface area (Å²) >= 11 is 0. The molecule has 1 heterocycles. The molecule has 0 saturated carbocycles. The maximum atomic E-state index is 2.46. The summed E-state index contributed by atoms with van der Waals surface area (Å²) in [6, 6.07) is 88.0. The molecule has 0 radical (unpaired) electrons. The number of rotatable bonds is 8. The van der Waals surface area contributed by atoms with Crippen molar-refractivity contribution in [2.75, 3.05) is 4.90 Å². The molecule has 2 heteroatoms. The Morgan fingerprint density at radius 3 is 1.63 bits per heavy atom. The second-order valence-corrected chi connectivity index (χ2v) is 15.3. The van der Waals surface area contributed by atoms with Crippen LogP contribution in [0.2, 0.25) is 0 Å². The van der Waals surface area contributed by atoms with Gasteiger partial charge in [-0.15, -0.1) is 0 Å². The van der Waals surface area contributed by atoms with Crippen molar-refractivity contribution >= 4 is 49.6 Å². The minimum absolute atomic E-state index is 1.08. The Morgan fingerprint density at radius 2 is 0.867 bits per heavy atom. The monoisotopic (exact) mass is 764 g/mol. The highest BCUT2D eigenvalue weighted by Crippen LogP contribution is 2.49. The van der Waals surface area contributed by atoms with Gasteiger partial charge in [-0.2, -0.15) is 0 Å². The van der Waals surface area contributed by atoms with Gasteiger partial charge in [0.25, 0.3) is 0 Å². The Balaban J connectivity index is 1.17. The Bertz CT molecular complexity index is 3290. The summed E-state index contributed by atoms with van der Waals surface area (Å²) in [6.45, 7) is 0. The van der Waals surface area contributed by atoms with E-state index < -0.39 is 0 Å². The molecule has 0 N–H and O–H groups in total. The first-order chi connectivity index (χ1) is 29.8. The molecule has 0 fully saturated rings. The Kier molecular flexibility index (Phi) is 8.87. The third-order valence-electron chi connectivity index (χ3n) is 11.8. The highest BCUT2D eigenvalue weighted by molar-refractivity contribution is 6.11. The number of benzene rings is 10. The highest BCUT2D eigenvalue weighted by Gasteiger charge is 2.24. The summed E-state index contributed by atoms with van der Waals surface area (Å²) in [5.41, 5.74) is 16.2. The molecule has 0 bridgehead atoms. The van der Waals surface area contributed by atoms with Gasteiger partial charge in [-0.05, 0) is 110 Å². The van der Waals surface area contributed by atoms with Crippen LogP contribution in [0.3, 0.4) is 0 Å². The predicted molar refractivity (Wildman–Crippen MR) is 255 cm³/mol. The van der Waals surface area contributed by atoms with Gasteiger partial charge in [0, 0.05) is 33.4 Å². The third-order valence-corrected chi connectivity index (χ3v) is 11.8. The Hall–Kier alpha value is -7.94. The standard InChI is InChI=1S/C58H40N2/c1-4-18-43(19-5-1)50-25-12-13-27-53(50)58-51(44-20-6-2-7-21-44)28-16-30-57(58)59(48-35-33-42(34-36-48)46-32-31-41-17-10-11-22-45(41)39-46)49-37-38-56-54(40-49)52-26-14-15-29-55(52)60(56)47-23-8-3-9-24-47/h1-40H. The first-order valence-corrected chi connectivity index (χ1v) is 20.6. The van der Waals surface area contributed by atoms with E-state index in [4.69, 9.17) is 0 Å². The fourth-order valence-corrected chi connectivity index (χ4v) is 8.99. The quantitative estimate of drug-likeness (QED) is 0.150. The Labute approximate surface area is 350 Å². The average Bonchev–Trinajstić information content (AvgIpc) is 3.66. The van der Waals surface area contributed by atoms with E-state index in [1.54, 1.807) is 0 Å². The van der Waals surface area contributed by atoms with E-state index in [2.05, 4.69) is 252 Å². The van der Waals surface area contributed by atoms with Crippen LogP contribution in [0.1, 0.15) is 0 Å². The molecule has 11 aromatic rings. The van der Waals surface area contributed by atoms with Crippen LogP contribution in [-0.2, 0) is 0 Å². The van der Waals surface area contributed by atoms with Gasteiger partial charge in [0.1, 0.15) is 0 Å². The molecule has 0 saturated heterocycles.